The molecule has 9 heavy (non-hydrogen) atoms. The molecule has 0 aromatic carbocycles. The summed E-state index contributed by atoms with van der Waals surface area (Å²) in [5.41, 5.74) is 0. The predicted octanol–water partition coefficient (Wildman–Crippen LogP) is 0.677. The molecular formula is C5H8ClNO2. The average molecular weight is 150 g/mol. The van der Waals surface area contributed by atoms with Gasteiger partial charge in [-0.15, -0.1) is 11.6 Å². The van der Waals surface area contributed by atoms with Crippen LogP contribution in [0, 0.1) is 0 Å². The molecule has 4 heteroatoms. The third-order valence-corrected chi connectivity index (χ3v) is 1.16. The quantitative estimate of drug-likeness (QED) is 0.427. The van der Waals surface area contributed by atoms with E-state index in [9.17, 15) is 4.79 Å². The van der Waals surface area contributed by atoms with E-state index in [1.165, 1.54) is 0 Å². The Kier molecular flexibility index (Phi) is 2.16. The van der Waals surface area contributed by atoms with Crippen molar-refractivity contribution in [2.45, 2.75) is 0 Å². The summed E-state index contributed by atoms with van der Waals surface area (Å²) in [4.78, 5) is 12.2. The van der Waals surface area contributed by atoms with Crippen molar-refractivity contribution < 1.29 is 9.53 Å². The van der Waals surface area contributed by atoms with Gasteiger partial charge >= 0.3 is 6.09 Å². The molecule has 0 saturated carbocycles. The van der Waals surface area contributed by atoms with Gasteiger partial charge in [0.05, 0.1) is 5.88 Å². The number of halogens is 1. The molecule has 0 aromatic heterocycles. The lowest BCUT2D eigenvalue weighted by atomic mass is 10.8. The zero-order valence-corrected chi connectivity index (χ0v) is 5.73. The maximum Gasteiger partial charge on any atom is 0.409 e. The van der Waals surface area contributed by atoms with Crippen molar-refractivity contribution in [2.24, 2.45) is 0 Å². The van der Waals surface area contributed by atoms with Gasteiger partial charge in [0.25, 0.3) is 0 Å². The van der Waals surface area contributed by atoms with Crippen molar-refractivity contribution >= 4 is 17.7 Å². The van der Waals surface area contributed by atoms with Gasteiger partial charge in [-0.05, 0) is 0 Å². The summed E-state index contributed by atoms with van der Waals surface area (Å²) in [6.45, 7) is 1.99. The number of ether oxygens (including phenoxy) is 1. The van der Waals surface area contributed by atoms with Crippen molar-refractivity contribution in [2.75, 3.05) is 25.6 Å². The van der Waals surface area contributed by atoms with Gasteiger partial charge in [0.1, 0.15) is 6.61 Å². The standard InChI is InChI=1S/C5H8ClNO2/c6-1-4-9-5(8)7-2-3-7/h1-4H2. The molecule has 1 heterocycles. The van der Waals surface area contributed by atoms with E-state index in [1.807, 2.05) is 0 Å². The Morgan fingerprint density at radius 1 is 1.67 bits per heavy atom. The smallest absolute Gasteiger partial charge is 0.409 e. The summed E-state index contributed by atoms with van der Waals surface area (Å²) in [5, 5.41) is 0. The first-order chi connectivity index (χ1) is 4.34. The van der Waals surface area contributed by atoms with Crippen molar-refractivity contribution in [1.82, 2.24) is 4.90 Å². The highest BCUT2D eigenvalue weighted by molar-refractivity contribution is 6.18. The molecule has 52 valence electrons. The molecule has 1 saturated heterocycles. The maximum atomic E-state index is 10.6. The second-order valence-electron chi connectivity index (χ2n) is 1.79. The summed E-state index contributed by atoms with van der Waals surface area (Å²) >= 11 is 5.27. The van der Waals surface area contributed by atoms with E-state index in [0.29, 0.717) is 12.5 Å². The number of alkyl halides is 1. The van der Waals surface area contributed by atoms with E-state index in [-0.39, 0.29) is 6.09 Å². The first-order valence-corrected chi connectivity index (χ1v) is 3.35. The first-order valence-electron chi connectivity index (χ1n) is 2.82. The number of carbonyl (C=O) groups excluding carboxylic acids is 1. The molecule has 0 radical (unpaired) electrons. The average Bonchev–Trinajstić information content (AvgIpc) is 2.63. The molecule has 1 aliphatic heterocycles. The molecule has 0 spiro atoms. The maximum absolute atomic E-state index is 10.6. The first kappa shape index (κ1) is 6.68. The SMILES string of the molecule is O=C(OCCCl)N1CC1. The van der Waals surface area contributed by atoms with Crippen LogP contribution in [0.1, 0.15) is 0 Å². The Bertz CT molecular complexity index is 114. The normalized spacial score (nSPS) is 15.4. The fourth-order valence-corrected chi connectivity index (χ4v) is 0.527. The molecule has 1 aliphatic rings. The lowest BCUT2D eigenvalue weighted by Crippen LogP contribution is -2.13. The van der Waals surface area contributed by atoms with Crippen LogP contribution in [0.25, 0.3) is 0 Å². The van der Waals surface area contributed by atoms with Crippen LogP contribution in [0.5, 0.6) is 0 Å². The Labute approximate surface area is 58.5 Å². The third-order valence-electron chi connectivity index (χ3n) is 1.01. The Balaban J connectivity index is 2.03. The van der Waals surface area contributed by atoms with E-state index in [4.69, 9.17) is 11.6 Å². The van der Waals surface area contributed by atoms with E-state index in [1.54, 1.807) is 4.90 Å². The Morgan fingerprint density at radius 2 is 2.33 bits per heavy atom. The molecule has 0 bridgehead atoms. The minimum absolute atomic E-state index is 0.240. The van der Waals surface area contributed by atoms with Crippen LogP contribution in [-0.2, 0) is 4.74 Å². The molecule has 0 aromatic rings. The molecule has 1 rings (SSSR count). The van der Waals surface area contributed by atoms with Gasteiger partial charge in [-0.1, -0.05) is 0 Å². The summed E-state index contributed by atoms with van der Waals surface area (Å²) in [6, 6.07) is 0. The summed E-state index contributed by atoms with van der Waals surface area (Å²) in [5.74, 6) is 0.375. The van der Waals surface area contributed by atoms with E-state index >= 15 is 0 Å². The van der Waals surface area contributed by atoms with Gasteiger partial charge in [0.2, 0.25) is 0 Å². The number of hydrogen-bond acceptors (Lipinski definition) is 2. The monoisotopic (exact) mass is 149 g/mol. The molecule has 0 unspecified atom stereocenters. The number of rotatable bonds is 2. The highest BCUT2D eigenvalue weighted by atomic mass is 35.5. The molecule has 0 aliphatic carbocycles. The minimum Gasteiger partial charge on any atom is -0.448 e. The van der Waals surface area contributed by atoms with Crippen LogP contribution in [0.4, 0.5) is 4.79 Å². The highest BCUT2D eigenvalue weighted by Crippen LogP contribution is 2.05. The molecule has 0 N–H and O–H groups in total. The number of nitrogens with zero attached hydrogens (tertiary/aromatic N) is 1. The van der Waals surface area contributed by atoms with Crippen molar-refractivity contribution in [3.8, 4) is 0 Å². The fraction of sp³-hybridized carbons (Fsp3) is 0.800. The third kappa shape index (κ3) is 2.10. The second kappa shape index (κ2) is 2.92. The largest absolute Gasteiger partial charge is 0.448 e. The van der Waals surface area contributed by atoms with Crippen LogP contribution in [0.15, 0.2) is 0 Å². The molecule has 0 atom stereocenters. The number of carbonyl (C=O) groups is 1. The molecule has 1 fully saturated rings. The predicted molar refractivity (Wildman–Crippen MR) is 33.6 cm³/mol. The van der Waals surface area contributed by atoms with Gasteiger partial charge in [0.15, 0.2) is 0 Å². The fourth-order valence-electron chi connectivity index (χ4n) is 0.450. The van der Waals surface area contributed by atoms with Crippen molar-refractivity contribution in [3.05, 3.63) is 0 Å². The summed E-state index contributed by atoms with van der Waals surface area (Å²) in [7, 11) is 0. The van der Waals surface area contributed by atoms with Crippen molar-refractivity contribution in [1.29, 1.82) is 0 Å². The van der Waals surface area contributed by atoms with E-state index < -0.39 is 0 Å². The van der Waals surface area contributed by atoms with Gasteiger partial charge in [-0.25, -0.2) is 4.79 Å². The highest BCUT2D eigenvalue weighted by Gasteiger charge is 2.24. The van der Waals surface area contributed by atoms with Crippen LogP contribution in [-0.4, -0.2) is 36.6 Å². The van der Waals surface area contributed by atoms with Gasteiger partial charge < -0.3 is 9.64 Å². The van der Waals surface area contributed by atoms with Crippen LogP contribution >= 0.6 is 11.6 Å². The van der Waals surface area contributed by atoms with Gasteiger partial charge in [-0.2, -0.15) is 0 Å². The Morgan fingerprint density at radius 3 is 2.78 bits per heavy atom. The second-order valence-corrected chi connectivity index (χ2v) is 2.17. The van der Waals surface area contributed by atoms with Crippen LogP contribution < -0.4 is 0 Å². The number of amides is 1. The Hall–Kier alpha value is -0.440. The molecule has 1 amide bonds. The lowest BCUT2D eigenvalue weighted by molar-refractivity contribution is 0.138. The van der Waals surface area contributed by atoms with E-state index in [0.717, 1.165) is 13.1 Å². The molecular weight excluding hydrogens is 142 g/mol. The minimum atomic E-state index is -0.240. The zero-order valence-electron chi connectivity index (χ0n) is 4.97. The van der Waals surface area contributed by atoms with Gasteiger partial charge in [0, 0.05) is 13.1 Å². The zero-order chi connectivity index (χ0) is 6.69. The van der Waals surface area contributed by atoms with E-state index in [2.05, 4.69) is 4.74 Å². The lowest BCUT2D eigenvalue weighted by Gasteiger charge is -2.00. The molecule has 3 nitrogen and oxygen atoms in total. The topological polar surface area (TPSA) is 29.3 Å². The number of hydrogen-bond donors (Lipinski definition) is 0. The van der Waals surface area contributed by atoms with Crippen LogP contribution in [0.2, 0.25) is 0 Å². The summed E-state index contributed by atoms with van der Waals surface area (Å²) < 4.78 is 4.67. The van der Waals surface area contributed by atoms with Crippen molar-refractivity contribution in [3.63, 3.8) is 0 Å². The summed E-state index contributed by atoms with van der Waals surface area (Å²) in [6.07, 6.45) is -0.240. The van der Waals surface area contributed by atoms with Crippen LogP contribution in [0.3, 0.4) is 0 Å². The van der Waals surface area contributed by atoms with Gasteiger partial charge in [-0.3, -0.25) is 0 Å².